The highest BCUT2D eigenvalue weighted by Gasteiger charge is 2.05. The third-order valence-corrected chi connectivity index (χ3v) is 4.49. The van der Waals surface area contributed by atoms with Gasteiger partial charge in [-0.15, -0.1) is 0 Å². The van der Waals surface area contributed by atoms with Crippen molar-refractivity contribution >= 4 is 11.8 Å². The van der Waals surface area contributed by atoms with Crippen molar-refractivity contribution in [2.75, 3.05) is 0 Å². The van der Waals surface area contributed by atoms with Gasteiger partial charge in [-0.25, -0.2) is 0 Å². The molecule has 150 valence electrons. The van der Waals surface area contributed by atoms with Crippen molar-refractivity contribution < 1.29 is 9.59 Å². The van der Waals surface area contributed by atoms with Gasteiger partial charge in [0.2, 0.25) is 11.8 Å². The third-order valence-electron chi connectivity index (χ3n) is 4.49. The van der Waals surface area contributed by atoms with Crippen LogP contribution in [0.15, 0.2) is 48.5 Å². The van der Waals surface area contributed by atoms with Crippen molar-refractivity contribution in [3.8, 4) is 0 Å². The van der Waals surface area contributed by atoms with E-state index in [-0.39, 0.29) is 11.8 Å². The van der Waals surface area contributed by atoms with Gasteiger partial charge in [-0.3, -0.25) is 9.59 Å². The standard InChI is InChI=1S/C22H30N4O2/c23-13-17-5-3-7-19(11-17)15-25-21(27)9-1-2-10-22(28)26-16-20-8-4-6-18(12-20)14-24/h3-8,11-12H,1-2,9-10,13-16,23-24H2,(H,25,27)(H,26,28). The first-order valence-electron chi connectivity index (χ1n) is 9.70. The van der Waals surface area contributed by atoms with Crippen LogP contribution in [0.2, 0.25) is 0 Å². The van der Waals surface area contributed by atoms with Crippen LogP contribution in [-0.4, -0.2) is 11.8 Å². The zero-order valence-corrected chi connectivity index (χ0v) is 16.2. The lowest BCUT2D eigenvalue weighted by atomic mass is 10.1. The number of amides is 2. The van der Waals surface area contributed by atoms with Crippen molar-refractivity contribution in [2.45, 2.75) is 51.9 Å². The molecule has 0 radical (unpaired) electrons. The molecule has 2 aromatic carbocycles. The molecule has 2 amide bonds. The van der Waals surface area contributed by atoms with Crippen LogP contribution in [0.5, 0.6) is 0 Å². The number of benzene rings is 2. The van der Waals surface area contributed by atoms with Crippen molar-refractivity contribution in [1.29, 1.82) is 0 Å². The molecule has 0 heterocycles. The van der Waals surface area contributed by atoms with E-state index >= 15 is 0 Å². The summed E-state index contributed by atoms with van der Waals surface area (Å²) in [5, 5.41) is 5.81. The van der Waals surface area contributed by atoms with Crippen LogP contribution in [0.4, 0.5) is 0 Å². The molecule has 0 unspecified atom stereocenters. The molecule has 0 aliphatic carbocycles. The fourth-order valence-electron chi connectivity index (χ4n) is 2.88. The smallest absolute Gasteiger partial charge is 0.220 e. The number of unbranched alkanes of at least 4 members (excludes halogenated alkanes) is 1. The minimum atomic E-state index is -0.00263. The van der Waals surface area contributed by atoms with Crippen LogP contribution >= 0.6 is 0 Å². The van der Waals surface area contributed by atoms with Gasteiger partial charge in [0.25, 0.3) is 0 Å². The quantitative estimate of drug-likeness (QED) is 0.446. The Hall–Kier alpha value is -2.70. The largest absolute Gasteiger partial charge is 0.352 e. The van der Waals surface area contributed by atoms with Gasteiger partial charge in [0.05, 0.1) is 0 Å². The molecule has 2 aromatic rings. The molecule has 6 N–H and O–H groups in total. The average molecular weight is 383 g/mol. The Bertz CT molecular complexity index is 711. The average Bonchev–Trinajstić information content (AvgIpc) is 2.74. The number of nitrogens with one attached hydrogen (secondary N) is 2. The van der Waals surface area contributed by atoms with E-state index in [0.29, 0.717) is 51.9 Å². The number of hydrogen-bond donors (Lipinski definition) is 4. The van der Waals surface area contributed by atoms with Crippen molar-refractivity contribution in [2.24, 2.45) is 11.5 Å². The molecule has 0 fully saturated rings. The lowest BCUT2D eigenvalue weighted by Crippen LogP contribution is -2.24. The van der Waals surface area contributed by atoms with Crippen LogP contribution in [-0.2, 0) is 35.8 Å². The molecule has 6 nitrogen and oxygen atoms in total. The van der Waals surface area contributed by atoms with Crippen LogP contribution in [0.25, 0.3) is 0 Å². The molecular formula is C22H30N4O2. The van der Waals surface area contributed by atoms with E-state index in [4.69, 9.17) is 11.5 Å². The molecule has 0 aromatic heterocycles. The summed E-state index contributed by atoms with van der Waals surface area (Å²) in [6.45, 7) is 1.97. The fraction of sp³-hybridized carbons (Fsp3) is 0.364. The van der Waals surface area contributed by atoms with E-state index in [1.807, 2.05) is 48.5 Å². The summed E-state index contributed by atoms with van der Waals surface area (Å²) in [6, 6.07) is 15.7. The van der Waals surface area contributed by atoms with Crippen LogP contribution < -0.4 is 22.1 Å². The van der Waals surface area contributed by atoms with Crippen molar-refractivity contribution in [1.82, 2.24) is 10.6 Å². The maximum Gasteiger partial charge on any atom is 0.220 e. The van der Waals surface area contributed by atoms with Crippen molar-refractivity contribution in [3.63, 3.8) is 0 Å². The second kappa shape index (κ2) is 11.9. The van der Waals surface area contributed by atoms with Gasteiger partial charge in [0, 0.05) is 39.0 Å². The van der Waals surface area contributed by atoms with Gasteiger partial charge in [0.1, 0.15) is 0 Å². The summed E-state index contributed by atoms with van der Waals surface area (Å²) in [5.74, 6) is -0.00526. The lowest BCUT2D eigenvalue weighted by Gasteiger charge is -2.08. The van der Waals surface area contributed by atoms with E-state index in [2.05, 4.69) is 10.6 Å². The molecule has 0 saturated carbocycles. The van der Waals surface area contributed by atoms with Crippen LogP contribution in [0, 0.1) is 0 Å². The topological polar surface area (TPSA) is 110 Å². The first kappa shape index (κ1) is 21.6. The normalized spacial score (nSPS) is 10.5. The molecular weight excluding hydrogens is 352 g/mol. The summed E-state index contributed by atoms with van der Waals surface area (Å²) < 4.78 is 0. The van der Waals surface area contributed by atoms with Gasteiger partial charge in [0.15, 0.2) is 0 Å². The summed E-state index contributed by atoms with van der Waals surface area (Å²) in [6.07, 6.45) is 2.21. The maximum absolute atomic E-state index is 11.9. The van der Waals surface area contributed by atoms with Gasteiger partial charge in [-0.05, 0) is 35.1 Å². The van der Waals surface area contributed by atoms with E-state index in [0.717, 1.165) is 22.3 Å². The Morgan fingerprint density at radius 2 is 1.07 bits per heavy atom. The van der Waals surface area contributed by atoms with Crippen molar-refractivity contribution in [3.05, 3.63) is 70.8 Å². The predicted molar refractivity (Wildman–Crippen MR) is 111 cm³/mol. The first-order valence-corrected chi connectivity index (χ1v) is 9.70. The Morgan fingerprint density at radius 3 is 1.46 bits per heavy atom. The molecule has 0 spiro atoms. The second-order valence-electron chi connectivity index (χ2n) is 6.81. The first-order chi connectivity index (χ1) is 13.6. The Morgan fingerprint density at radius 1 is 0.679 bits per heavy atom. The molecule has 6 heteroatoms. The monoisotopic (exact) mass is 382 g/mol. The van der Waals surface area contributed by atoms with Gasteiger partial charge in [-0.2, -0.15) is 0 Å². The Balaban J connectivity index is 1.58. The highest BCUT2D eigenvalue weighted by Crippen LogP contribution is 2.06. The number of hydrogen-bond acceptors (Lipinski definition) is 4. The molecule has 0 aliphatic rings. The number of nitrogens with two attached hydrogens (primary N) is 2. The zero-order valence-electron chi connectivity index (χ0n) is 16.2. The molecule has 0 aliphatic heterocycles. The maximum atomic E-state index is 11.9. The molecule has 2 rings (SSSR count). The van der Waals surface area contributed by atoms with E-state index < -0.39 is 0 Å². The van der Waals surface area contributed by atoms with Crippen LogP contribution in [0.3, 0.4) is 0 Å². The summed E-state index contributed by atoms with van der Waals surface area (Å²) >= 11 is 0. The zero-order chi connectivity index (χ0) is 20.2. The highest BCUT2D eigenvalue weighted by molar-refractivity contribution is 5.77. The number of carbonyl (C=O) groups is 2. The van der Waals surface area contributed by atoms with Gasteiger partial charge in [-0.1, -0.05) is 48.5 Å². The van der Waals surface area contributed by atoms with E-state index in [1.165, 1.54) is 0 Å². The third kappa shape index (κ3) is 7.90. The molecule has 0 saturated heterocycles. The van der Waals surface area contributed by atoms with E-state index in [1.54, 1.807) is 0 Å². The van der Waals surface area contributed by atoms with Gasteiger partial charge >= 0.3 is 0 Å². The molecule has 0 bridgehead atoms. The Labute approximate surface area is 166 Å². The van der Waals surface area contributed by atoms with Gasteiger partial charge < -0.3 is 22.1 Å². The SMILES string of the molecule is NCc1cccc(CNC(=O)CCCCC(=O)NCc2cccc(CN)c2)c1. The van der Waals surface area contributed by atoms with Crippen LogP contribution in [0.1, 0.15) is 47.9 Å². The molecule has 28 heavy (non-hydrogen) atoms. The second-order valence-corrected chi connectivity index (χ2v) is 6.81. The predicted octanol–water partition coefficient (Wildman–Crippen LogP) is 2.10. The number of rotatable bonds is 11. The highest BCUT2D eigenvalue weighted by atomic mass is 16.2. The van der Waals surface area contributed by atoms with E-state index in [9.17, 15) is 9.59 Å². The Kier molecular flexibility index (Phi) is 9.18. The molecule has 0 atom stereocenters. The summed E-state index contributed by atoms with van der Waals surface area (Å²) in [4.78, 5) is 23.9. The lowest BCUT2D eigenvalue weighted by molar-refractivity contribution is -0.123. The minimum absolute atomic E-state index is 0.00263. The number of carbonyl (C=O) groups excluding carboxylic acids is 2. The summed E-state index contributed by atoms with van der Waals surface area (Å²) in [7, 11) is 0. The fourth-order valence-corrected chi connectivity index (χ4v) is 2.88. The summed E-state index contributed by atoms with van der Waals surface area (Å²) in [5.41, 5.74) is 15.4. The minimum Gasteiger partial charge on any atom is -0.352 e.